The minimum Gasteiger partial charge on any atom is -0.343 e. The summed E-state index contributed by atoms with van der Waals surface area (Å²) in [4.78, 5) is 18.0. The van der Waals surface area contributed by atoms with Crippen LogP contribution in [0.25, 0.3) is 0 Å². The fourth-order valence-electron chi connectivity index (χ4n) is 3.49. The maximum absolute atomic E-state index is 13.9. The van der Waals surface area contributed by atoms with E-state index in [1.807, 2.05) is 0 Å². The van der Waals surface area contributed by atoms with E-state index in [-0.39, 0.29) is 29.7 Å². The Morgan fingerprint density at radius 2 is 2.39 bits per heavy atom. The van der Waals surface area contributed by atoms with Gasteiger partial charge in [0.2, 0.25) is 11.7 Å². The van der Waals surface area contributed by atoms with Crippen LogP contribution < -0.4 is 5.32 Å². The van der Waals surface area contributed by atoms with Gasteiger partial charge in [-0.3, -0.25) is 5.32 Å². The number of hydrogen-bond donors (Lipinski definition) is 1. The van der Waals surface area contributed by atoms with Crippen molar-refractivity contribution < 1.29 is 13.7 Å². The molecule has 116 valence electrons. The molecule has 0 radical (unpaired) electrons. The summed E-state index contributed by atoms with van der Waals surface area (Å²) in [5.41, 5.74) is 1.43. The molecule has 1 fully saturated rings. The number of halogens is 1. The molecular weight excluding hydrogens is 301 g/mol. The first-order valence-electron chi connectivity index (χ1n) is 7.27. The van der Waals surface area contributed by atoms with E-state index in [9.17, 15) is 9.18 Å². The Labute approximate surface area is 130 Å². The number of hydrogen-bond acceptors (Lipinski definition) is 5. The second-order valence-corrected chi connectivity index (χ2v) is 5.65. The number of fused-ring (bicyclic) bond motifs is 4. The van der Waals surface area contributed by atoms with Crippen LogP contribution in [0.4, 0.5) is 15.0 Å². The maximum Gasteiger partial charge on any atom is 0.323 e. The number of pyridine rings is 1. The molecule has 2 amide bonds. The molecular formula is C15H12FN5O2. The van der Waals surface area contributed by atoms with Gasteiger partial charge in [0.1, 0.15) is 6.07 Å². The first-order valence-corrected chi connectivity index (χ1v) is 7.27. The van der Waals surface area contributed by atoms with E-state index in [0.717, 1.165) is 18.4 Å². The van der Waals surface area contributed by atoms with Gasteiger partial charge in [-0.15, -0.1) is 0 Å². The van der Waals surface area contributed by atoms with Crippen LogP contribution in [0.2, 0.25) is 0 Å². The van der Waals surface area contributed by atoms with Crippen LogP contribution in [0.15, 0.2) is 22.9 Å². The Balaban J connectivity index is 1.60. The van der Waals surface area contributed by atoms with Crippen molar-refractivity contribution in [2.24, 2.45) is 0 Å². The third-order valence-electron chi connectivity index (χ3n) is 4.43. The van der Waals surface area contributed by atoms with E-state index < -0.39 is 5.95 Å². The van der Waals surface area contributed by atoms with E-state index >= 15 is 0 Å². The quantitative estimate of drug-likeness (QED) is 0.816. The molecule has 2 bridgehead atoms. The SMILES string of the molecule is N#Cc1cc(NC(=O)N2[C@@H]3CC[C@H]2c2ccnc(F)c2C3)no1. The molecule has 2 aliphatic rings. The molecule has 2 atom stereocenters. The predicted octanol–water partition coefficient (Wildman–Crippen LogP) is 2.37. The number of carbonyl (C=O) groups excluding carboxylic acids is 1. The lowest BCUT2D eigenvalue weighted by Gasteiger charge is -2.35. The second kappa shape index (κ2) is 5.05. The van der Waals surface area contributed by atoms with Crippen molar-refractivity contribution in [3.8, 4) is 6.07 Å². The summed E-state index contributed by atoms with van der Waals surface area (Å²) in [6.45, 7) is 0. The summed E-state index contributed by atoms with van der Waals surface area (Å²) >= 11 is 0. The highest BCUT2D eigenvalue weighted by molar-refractivity contribution is 5.89. The van der Waals surface area contributed by atoms with Crippen molar-refractivity contribution in [1.29, 1.82) is 5.26 Å². The number of anilines is 1. The summed E-state index contributed by atoms with van der Waals surface area (Å²) in [6.07, 6.45) is 3.49. The van der Waals surface area contributed by atoms with Crippen LogP contribution in [0.3, 0.4) is 0 Å². The number of amides is 2. The monoisotopic (exact) mass is 313 g/mol. The Kier molecular flexibility index (Phi) is 3.01. The third-order valence-corrected chi connectivity index (χ3v) is 4.43. The molecule has 8 heteroatoms. The Morgan fingerprint density at radius 3 is 3.17 bits per heavy atom. The maximum atomic E-state index is 13.9. The van der Waals surface area contributed by atoms with Gasteiger partial charge in [0.15, 0.2) is 5.82 Å². The first-order chi connectivity index (χ1) is 11.2. The Hall–Kier alpha value is -2.95. The van der Waals surface area contributed by atoms with E-state index in [1.165, 1.54) is 12.3 Å². The van der Waals surface area contributed by atoms with Gasteiger partial charge in [-0.25, -0.2) is 9.78 Å². The van der Waals surface area contributed by atoms with Crippen molar-refractivity contribution in [3.05, 3.63) is 41.2 Å². The molecule has 0 unspecified atom stereocenters. The van der Waals surface area contributed by atoms with Gasteiger partial charge in [-0.05, 0) is 30.9 Å². The lowest BCUT2D eigenvalue weighted by atomic mass is 9.95. The number of rotatable bonds is 1. The largest absolute Gasteiger partial charge is 0.343 e. The van der Waals surface area contributed by atoms with Crippen molar-refractivity contribution >= 4 is 11.8 Å². The number of carbonyl (C=O) groups is 1. The van der Waals surface area contributed by atoms with Gasteiger partial charge < -0.3 is 9.42 Å². The summed E-state index contributed by atoms with van der Waals surface area (Å²) in [6, 6.07) is 4.40. The lowest BCUT2D eigenvalue weighted by molar-refractivity contribution is 0.178. The second-order valence-electron chi connectivity index (χ2n) is 5.65. The topological polar surface area (TPSA) is 95.1 Å². The fourth-order valence-corrected chi connectivity index (χ4v) is 3.49. The van der Waals surface area contributed by atoms with Gasteiger partial charge in [-0.1, -0.05) is 5.16 Å². The standard InChI is InChI=1S/C15H12FN5O2/c16-14-11-5-8-1-2-12(10(11)3-4-18-14)21(8)15(22)19-13-6-9(7-17)23-20-13/h3-4,6,8,12H,1-2,5H2,(H,19,20,22)/t8-,12+/m1/s1. The molecule has 2 aliphatic heterocycles. The van der Waals surface area contributed by atoms with E-state index in [2.05, 4.69) is 15.5 Å². The van der Waals surface area contributed by atoms with Gasteiger partial charge in [0.05, 0.1) is 6.04 Å². The van der Waals surface area contributed by atoms with Crippen LogP contribution in [-0.4, -0.2) is 27.1 Å². The molecule has 1 N–H and O–H groups in total. The highest BCUT2D eigenvalue weighted by Crippen LogP contribution is 2.44. The average Bonchev–Trinajstić information content (AvgIpc) is 3.12. The zero-order valence-electron chi connectivity index (χ0n) is 12.0. The summed E-state index contributed by atoms with van der Waals surface area (Å²) < 4.78 is 18.6. The van der Waals surface area contributed by atoms with Gasteiger partial charge in [0, 0.05) is 23.9 Å². The molecule has 0 spiro atoms. The smallest absolute Gasteiger partial charge is 0.323 e. The summed E-state index contributed by atoms with van der Waals surface area (Å²) in [7, 11) is 0. The molecule has 0 saturated carbocycles. The van der Waals surface area contributed by atoms with Crippen LogP contribution in [0.1, 0.15) is 35.8 Å². The minimum atomic E-state index is -0.449. The predicted molar refractivity (Wildman–Crippen MR) is 75.7 cm³/mol. The molecule has 4 rings (SSSR count). The molecule has 4 heterocycles. The molecule has 2 aromatic heterocycles. The first kappa shape index (κ1) is 13.7. The van der Waals surface area contributed by atoms with E-state index in [0.29, 0.717) is 12.0 Å². The third kappa shape index (κ3) is 2.12. The lowest BCUT2D eigenvalue weighted by Crippen LogP contribution is -2.44. The number of nitrogens with zero attached hydrogens (tertiary/aromatic N) is 4. The van der Waals surface area contributed by atoms with Crippen LogP contribution in [0.5, 0.6) is 0 Å². The number of urea groups is 1. The summed E-state index contributed by atoms with van der Waals surface area (Å²) in [5, 5.41) is 15.0. The molecule has 1 saturated heterocycles. The molecule has 0 aromatic carbocycles. The number of nitrogens with one attached hydrogen (secondary N) is 1. The van der Waals surface area contributed by atoms with Gasteiger partial charge >= 0.3 is 6.03 Å². The number of aromatic nitrogens is 2. The van der Waals surface area contributed by atoms with E-state index in [1.54, 1.807) is 17.0 Å². The van der Waals surface area contributed by atoms with Crippen molar-refractivity contribution in [2.45, 2.75) is 31.3 Å². The highest BCUT2D eigenvalue weighted by atomic mass is 19.1. The fraction of sp³-hybridized carbons (Fsp3) is 0.333. The number of nitriles is 1. The van der Waals surface area contributed by atoms with Crippen LogP contribution in [-0.2, 0) is 6.42 Å². The van der Waals surface area contributed by atoms with Gasteiger partial charge in [0.25, 0.3) is 0 Å². The van der Waals surface area contributed by atoms with E-state index in [4.69, 9.17) is 9.78 Å². The molecule has 0 aliphatic carbocycles. The van der Waals surface area contributed by atoms with Crippen molar-refractivity contribution in [3.63, 3.8) is 0 Å². The highest BCUT2D eigenvalue weighted by Gasteiger charge is 2.43. The Morgan fingerprint density at radius 1 is 1.52 bits per heavy atom. The van der Waals surface area contributed by atoms with Crippen molar-refractivity contribution in [1.82, 2.24) is 15.0 Å². The molecule has 7 nitrogen and oxygen atoms in total. The minimum absolute atomic E-state index is 0.0282. The Bertz CT molecular complexity index is 828. The zero-order chi connectivity index (χ0) is 16.0. The van der Waals surface area contributed by atoms with Crippen LogP contribution >= 0.6 is 0 Å². The molecule has 23 heavy (non-hydrogen) atoms. The normalized spacial score (nSPS) is 21.7. The summed E-state index contributed by atoms with van der Waals surface area (Å²) in [5.74, 6) is -0.229. The van der Waals surface area contributed by atoms with Crippen molar-refractivity contribution in [2.75, 3.05) is 5.32 Å². The average molecular weight is 313 g/mol. The van der Waals surface area contributed by atoms with Crippen LogP contribution in [0, 0.1) is 17.3 Å². The molecule has 2 aromatic rings. The zero-order valence-corrected chi connectivity index (χ0v) is 12.0. The van der Waals surface area contributed by atoms with Gasteiger partial charge in [-0.2, -0.15) is 9.65 Å².